The molecular weight excluding hydrogens is 384 g/mol. The quantitative estimate of drug-likeness (QED) is 0.764. The molecule has 2 amide bonds. The average molecular weight is 404 g/mol. The highest BCUT2D eigenvalue weighted by Crippen LogP contribution is 2.31. The molecule has 0 aromatic heterocycles. The number of sulfone groups is 1. The molecule has 9 heteroatoms. The molecule has 1 aliphatic heterocycles. The fourth-order valence-electron chi connectivity index (χ4n) is 2.76. The second-order valence-electron chi connectivity index (χ2n) is 6.33. The van der Waals surface area contributed by atoms with Crippen molar-refractivity contribution in [3.63, 3.8) is 0 Å². The Labute approximate surface area is 162 Å². The molecule has 148 valence electrons. The molecule has 0 radical (unpaired) electrons. The molecule has 2 aromatic rings. The van der Waals surface area contributed by atoms with Crippen LogP contribution in [0.15, 0.2) is 47.4 Å². The highest BCUT2D eigenvalue weighted by molar-refractivity contribution is 7.92. The highest BCUT2D eigenvalue weighted by Gasteiger charge is 2.28. The molecule has 1 atom stereocenters. The van der Waals surface area contributed by atoms with E-state index in [0.29, 0.717) is 22.9 Å². The van der Waals surface area contributed by atoms with Gasteiger partial charge in [0.15, 0.2) is 16.4 Å². The van der Waals surface area contributed by atoms with Crippen LogP contribution >= 0.6 is 0 Å². The van der Waals surface area contributed by atoms with Crippen LogP contribution in [0.3, 0.4) is 0 Å². The third-order valence-corrected chi connectivity index (χ3v) is 6.41. The predicted octanol–water partition coefficient (Wildman–Crippen LogP) is 2.22. The number of anilines is 2. The minimum Gasteiger partial charge on any atom is -0.497 e. The van der Waals surface area contributed by atoms with Gasteiger partial charge < -0.3 is 20.1 Å². The van der Waals surface area contributed by atoms with E-state index in [1.54, 1.807) is 24.3 Å². The summed E-state index contributed by atoms with van der Waals surface area (Å²) in [5, 5.41) is 4.28. The second-order valence-corrected chi connectivity index (χ2v) is 8.70. The van der Waals surface area contributed by atoms with Crippen molar-refractivity contribution in [2.45, 2.75) is 23.5 Å². The SMILES string of the molecule is COc1cccc(NC(=O)CC(C)S(=O)(=O)c2ccc3c(c2)NC(=O)CO3)c1. The summed E-state index contributed by atoms with van der Waals surface area (Å²) >= 11 is 0. The molecular formula is C19H20N2O6S. The first kappa shape index (κ1) is 19.7. The van der Waals surface area contributed by atoms with Gasteiger partial charge in [-0.15, -0.1) is 0 Å². The zero-order valence-corrected chi connectivity index (χ0v) is 16.2. The predicted molar refractivity (Wildman–Crippen MR) is 103 cm³/mol. The maximum atomic E-state index is 12.8. The number of methoxy groups -OCH3 is 1. The molecule has 0 saturated carbocycles. The lowest BCUT2D eigenvalue weighted by Crippen LogP contribution is -2.27. The normalized spacial score (nSPS) is 14.3. The number of fused-ring (bicyclic) bond motifs is 1. The van der Waals surface area contributed by atoms with E-state index in [4.69, 9.17) is 9.47 Å². The number of rotatable bonds is 6. The second kappa shape index (κ2) is 7.89. The zero-order valence-electron chi connectivity index (χ0n) is 15.4. The molecule has 0 bridgehead atoms. The Morgan fingerprint density at radius 2 is 2.07 bits per heavy atom. The molecule has 0 aliphatic carbocycles. The number of ether oxygens (including phenoxy) is 2. The van der Waals surface area contributed by atoms with E-state index in [1.165, 1.54) is 32.2 Å². The first-order chi connectivity index (χ1) is 13.3. The summed E-state index contributed by atoms with van der Waals surface area (Å²) in [6.07, 6.45) is -0.223. The summed E-state index contributed by atoms with van der Waals surface area (Å²) in [5.74, 6) is 0.199. The molecule has 28 heavy (non-hydrogen) atoms. The standard InChI is InChI=1S/C19H20N2O6S/c1-12(8-18(22)20-13-4-3-5-14(9-13)26-2)28(24,25)15-6-7-17-16(10-15)21-19(23)11-27-17/h3-7,9-10,12H,8,11H2,1-2H3,(H,20,22)(H,21,23). The molecule has 8 nitrogen and oxygen atoms in total. The summed E-state index contributed by atoms with van der Waals surface area (Å²) in [7, 11) is -2.27. The third kappa shape index (κ3) is 4.25. The van der Waals surface area contributed by atoms with Gasteiger partial charge in [0.05, 0.1) is 22.9 Å². The molecule has 0 spiro atoms. The van der Waals surface area contributed by atoms with Crippen LogP contribution in [-0.2, 0) is 19.4 Å². The van der Waals surface area contributed by atoms with Crippen molar-refractivity contribution in [1.29, 1.82) is 0 Å². The summed E-state index contributed by atoms with van der Waals surface area (Å²) in [5.41, 5.74) is 0.813. The van der Waals surface area contributed by atoms with E-state index in [1.807, 2.05) is 0 Å². The van der Waals surface area contributed by atoms with Gasteiger partial charge in [-0.3, -0.25) is 9.59 Å². The van der Waals surface area contributed by atoms with E-state index in [9.17, 15) is 18.0 Å². The zero-order chi connectivity index (χ0) is 20.3. The number of carbonyl (C=O) groups excluding carboxylic acids is 2. The van der Waals surface area contributed by atoms with Crippen molar-refractivity contribution in [3.05, 3.63) is 42.5 Å². The van der Waals surface area contributed by atoms with Gasteiger partial charge in [0.25, 0.3) is 5.91 Å². The summed E-state index contributed by atoms with van der Waals surface area (Å²) in [6.45, 7) is 1.36. The first-order valence-corrected chi connectivity index (χ1v) is 10.1. The van der Waals surface area contributed by atoms with Gasteiger partial charge in [0.1, 0.15) is 11.5 Å². The van der Waals surface area contributed by atoms with Gasteiger partial charge in [0, 0.05) is 18.2 Å². The Hall–Kier alpha value is -3.07. The minimum absolute atomic E-state index is 0.0127. The fourth-order valence-corrected chi connectivity index (χ4v) is 4.13. The summed E-state index contributed by atoms with van der Waals surface area (Å²) in [4.78, 5) is 23.7. The van der Waals surface area contributed by atoms with E-state index in [2.05, 4.69) is 10.6 Å². The number of benzene rings is 2. The van der Waals surface area contributed by atoms with Gasteiger partial charge in [-0.2, -0.15) is 0 Å². The molecule has 1 unspecified atom stereocenters. The Morgan fingerprint density at radius 3 is 2.82 bits per heavy atom. The lowest BCUT2D eigenvalue weighted by atomic mass is 10.2. The highest BCUT2D eigenvalue weighted by atomic mass is 32.2. The Balaban J connectivity index is 1.72. The van der Waals surface area contributed by atoms with Crippen molar-refractivity contribution in [2.24, 2.45) is 0 Å². The van der Waals surface area contributed by atoms with Crippen molar-refractivity contribution in [2.75, 3.05) is 24.4 Å². The van der Waals surface area contributed by atoms with E-state index in [-0.39, 0.29) is 23.8 Å². The van der Waals surface area contributed by atoms with Crippen LogP contribution in [0.1, 0.15) is 13.3 Å². The van der Waals surface area contributed by atoms with Crippen LogP contribution in [0.4, 0.5) is 11.4 Å². The smallest absolute Gasteiger partial charge is 0.262 e. The van der Waals surface area contributed by atoms with Crippen LogP contribution in [0.25, 0.3) is 0 Å². The van der Waals surface area contributed by atoms with Crippen LogP contribution in [0.2, 0.25) is 0 Å². The van der Waals surface area contributed by atoms with E-state index in [0.717, 1.165) is 0 Å². The number of hydrogen-bond donors (Lipinski definition) is 2. The number of hydrogen-bond acceptors (Lipinski definition) is 6. The molecule has 2 aromatic carbocycles. The van der Waals surface area contributed by atoms with Crippen LogP contribution in [0.5, 0.6) is 11.5 Å². The summed E-state index contributed by atoms with van der Waals surface area (Å²) < 4.78 is 36.0. The molecule has 0 fully saturated rings. The van der Waals surface area contributed by atoms with Crippen molar-refractivity contribution in [1.82, 2.24) is 0 Å². The monoisotopic (exact) mass is 404 g/mol. The number of carbonyl (C=O) groups is 2. The topological polar surface area (TPSA) is 111 Å². The molecule has 2 N–H and O–H groups in total. The van der Waals surface area contributed by atoms with Crippen LogP contribution in [-0.4, -0.2) is 39.2 Å². The lowest BCUT2D eigenvalue weighted by molar-refractivity contribution is -0.118. The Morgan fingerprint density at radius 1 is 1.29 bits per heavy atom. The van der Waals surface area contributed by atoms with Crippen molar-refractivity contribution >= 4 is 33.0 Å². The lowest BCUT2D eigenvalue weighted by Gasteiger charge is -2.19. The van der Waals surface area contributed by atoms with E-state index < -0.39 is 21.0 Å². The maximum absolute atomic E-state index is 12.8. The molecule has 1 heterocycles. The molecule has 1 aliphatic rings. The van der Waals surface area contributed by atoms with E-state index >= 15 is 0 Å². The van der Waals surface area contributed by atoms with Gasteiger partial charge >= 0.3 is 0 Å². The first-order valence-electron chi connectivity index (χ1n) is 8.54. The van der Waals surface area contributed by atoms with Crippen LogP contribution < -0.4 is 20.1 Å². The Kier molecular flexibility index (Phi) is 5.55. The van der Waals surface area contributed by atoms with Crippen molar-refractivity contribution < 1.29 is 27.5 Å². The molecule has 3 rings (SSSR count). The number of amides is 2. The fraction of sp³-hybridized carbons (Fsp3) is 0.263. The minimum atomic E-state index is -3.78. The van der Waals surface area contributed by atoms with Crippen molar-refractivity contribution in [3.8, 4) is 11.5 Å². The maximum Gasteiger partial charge on any atom is 0.262 e. The number of nitrogens with one attached hydrogen (secondary N) is 2. The van der Waals surface area contributed by atoms with Gasteiger partial charge in [-0.05, 0) is 37.3 Å². The Bertz CT molecular complexity index is 1020. The molecule has 0 saturated heterocycles. The van der Waals surface area contributed by atoms with Gasteiger partial charge in [0.2, 0.25) is 5.91 Å². The van der Waals surface area contributed by atoms with Gasteiger partial charge in [-0.25, -0.2) is 8.42 Å². The third-order valence-electron chi connectivity index (χ3n) is 4.27. The van der Waals surface area contributed by atoms with Gasteiger partial charge in [-0.1, -0.05) is 6.07 Å². The van der Waals surface area contributed by atoms with Crippen LogP contribution in [0, 0.1) is 0 Å². The average Bonchev–Trinajstić information content (AvgIpc) is 2.67. The largest absolute Gasteiger partial charge is 0.497 e. The summed E-state index contributed by atoms with van der Waals surface area (Å²) in [6, 6.07) is 11.0.